The van der Waals surface area contributed by atoms with Crippen LogP contribution < -0.4 is 5.73 Å². The Hall–Kier alpha value is 0.390. The van der Waals surface area contributed by atoms with Crippen LogP contribution in [0.25, 0.3) is 0 Å². The van der Waals surface area contributed by atoms with Gasteiger partial charge in [0.05, 0.1) is 0 Å². The van der Waals surface area contributed by atoms with Crippen LogP contribution in [-0.4, -0.2) is 11.7 Å². The van der Waals surface area contributed by atoms with Crippen LogP contribution in [0.5, 0.6) is 0 Å². The van der Waals surface area contributed by atoms with Gasteiger partial charge in [-0.05, 0) is 56.0 Å². The van der Waals surface area contributed by atoms with Crippen molar-refractivity contribution in [2.45, 2.75) is 12.5 Å². The number of hydrogen-bond acceptors (Lipinski definition) is 2. The van der Waals surface area contributed by atoms with Crippen molar-refractivity contribution < 1.29 is 5.11 Å². The molecule has 0 aliphatic carbocycles. The zero-order chi connectivity index (χ0) is 9.84. The van der Waals surface area contributed by atoms with Crippen LogP contribution in [0.2, 0.25) is 0 Å². The molecule has 0 aliphatic heterocycles. The van der Waals surface area contributed by atoms with Gasteiger partial charge in [0.1, 0.15) is 0 Å². The van der Waals surface area contributed by atoms with Gasteiger partial charge in [-0.2, -0.15) is 0 Å². The van der Waals surface area contributed by atoms with Crippen molar-refractivity contribution in [3.8, 4) is 0 Å². The second-order valence-corrected chi connectivity index (χ2v) is 4.50. The highest BCUT2D eigenvalue weighted by Gasteiger charge is 2.06. The fourth-order valence-corrected chi connectivity index (χ4v) is 1.69. The van der Waals surface area contributed by atoms with E-state index in [9.17, 15) is 0 Å². The van der Waals surface area contributed by atoms with Gasteiger partial charge < -0.3 is 10.8 Å². The summed E-state index contributed by atoms with van der Waals surface area (Å²) >= 11 is 6.78. The third-order valence-electron chi connectivity index (χ3n) is 1.81. The van der Waals surface area contributed by atoms with Gasteiger partial charge in [-0.15, -0.1) is 12.4 Å². The highest BCUT2D eigenvalue weighted by Crippen LogP contribution is 2.26. The Morgan fingerprint density at radius 2 is 1.93 bits per heavy atom. The van der Waals surface area contributed by atoms with Gasteiger partial charge in [0.2, 0.25) is 0 Å². The lowest BCUT2D eigenvalue weighted by Gasteiger charge is -2.10. The summed E-state index contributed by atoms with van der Waals surface area (Å²) in [5, 5.41) is 8.72. The maximum atomic E-state index is 8.72. The molecule has 0 bridgehead atoms. The third kappa shape index (κ3) is 3.87. The van der Waals surface area contributed by atoms with Crippen molar-refractivity contribution in [2.24, 2.45) is 5.73 Å². The summed E-state index contributed by atoms with van der Waals surface area (Å²) < 4.78 is 1.99. The van der Waals surface area contributed by atoms with Gasteiger partial charge in [-0.3, -0.25) is 0 Å². The van der Waals surface area contributed by atoms with Crippen molar-refractivity contribution in [3.63, 3.8) is 0 Å². The quantitative estimate of drug-likeness (QED) is 0.885. The molecule has 0 heterocycles. The fraction of sp³-hybridized carbons (Fsp3) is 0.333. The molecule has 0 fully saturated rings. The van der Waals surface area contributed by atoms with Crippen molar-refractivity contribution in [1.82, 2.24) is 0 Å². The summed E-state index contributed by atoms with van der Waals surface area (Å²) in [5.74, 6) is 0. The predicted octanol–water partition coefficient (Wildman–Crippen LogP) is 3.02. The highest BCUT2D eigenvalue weighted by molar-refractivity contribution is 9.13. The summed E-state index contributed by atoms with van der Waals surface area (Å²) in [6.45, 7) is 0.120. The van der Waals surface area contributed by atoms with Gasteiger partial charge in [0.15, 0.2) is 0 Å². The summed E-state index contributed by atoms with van der Waals surface area (Å²) in [4.78, 5) is 0. The predicted molar refractivity (Wildman–Crippen MR) is 67.7 cm³/mol. The Bertz CT molecular complexity index is 296. The van der Waals surface area contributed by atoms with E-state index in [1.165, 1.54) is 0 Å². The third-order valence-corrected chi connectivity index (χ3v) is 3.69. The largest absolute Gasteiger partial charge is 0.396 e. The van der Waals surface area contributed by atoms with Gasteiger partial charge in [-0.1, -0.05) is 6.07 Å². The number of aliphatic hydroxyl groups is 1. The number of aliphatic hydroxyl groups excluding tert-OH is 1. The minimum Gasteiger partial charge on any atom is -0.396 e. The second kappa shape index (κ2) is 6.80. The van der Waals surface area contributed by atoms with E-state index in [0.29, 0.717) is 6.42 Å². The molecule has 80 valence electrons. The first kappa shape index (κ1) is 14.4. The average Bonchev–Trinajstić information content (AvgIpc) is 2.10. The van der Waals surface area contributed by atoms with Crippen LogP contribution in [0.15, 0.2) is 27.1 Å². The molecule has 0 aromatic heterocycles. The molecular weight excluding hydrogens is 333 g/mol. The van der Waals surface area contributed by atoms with Crippen molar-refractivity contribution in [2.75, 3.05) is 6.61 Å². The first-order chi connectivity index (χ1) is 6.15. The molecule has 3 N–H and O–H groups in total. The van der Waals surface area contributed by atoms with Crippen LogP contribution >= 0.6 is 44.3 Å². The molecule has 5 heteroatoms. The van der Waals surface area contributed by atoms with E-state index >= 15 is 0 Å². The number of hydrogen-bond donors (Lipinski definition) is 2. The van der Waals surface area contributed by atoms with Crippen LogP contribution in [0.4, 0.5) is 0 Å². The standard InChI is InChI=1S/C9H11Br2NO.ClH/c10-7-2-1-6(5-8(7)11)9(12)3-4-13;/h1-2,5,9,13H,3-4,12H2;1H/t9-;/m1./s1. The molecule has 14 heavy (non-hydrogen) atoms. The Kier molecular flexibility index (Phi) is 6.99. The molecule has 0 unspecified atom stereocenters. The van der Waals surface area contributed by atoms with E-state index in [2.05, 4.69) is 31.9 Å². The summed E-state index contributed by atoms with van der Waals surface area (Å²) in [6, 6.07) is 5.77. The van der Waals surface area contributed by atoms with Crippen LogP contribution in [0.1, 0.15) is 18.0 Å². The SMILES string of the molecule is Cl.N[C@H](CCO)c1ccc(Br)c(Br)c1. The highest BCUT2D eigenvalue weighted by atomic mass is 79.9. The summed E-state index contributed by atoms with van der Waals surface area (Å²) in [7, 11) is 0. The lowest BCUT2D eigenvalue weighted by Crippen LogP contribution is -2.11. The van der Waals surface area contributed by atoms with Crippen LogP contribution in [0.3, 0.4) is 0 Å². The summed E-state index contributed by atoms with van der Waals surface area (Å²) in [5.41, 5.74) is 6.86. The van der Waals surface area contributed by atoms with E-state index in [-0.39, 0.29) is 25.1 Å². The van der Waals surface area contributed by atoms with E-state index in [1.54, 1.807) is 0 Å². The van der Waals surface area contributed by atoms with Gasteiger partial charge >= 0.3 is 0 Å². The Morgan fingerprint density at radius 1 is 1.29 bits per heavy atom. The average molecular weight is 345 g/mol. The molecule has 1 atom stereocenters. The molecule has 0 spiro atoms. The Morgan fingerprint density at radius 3 is 2.43 bits per heavy atom. The molecule has 0 radical (unpaired) electrons. The molecule has 0 saturated carbocycles. The van der Waals surface area contributed by atoms with E-state index in [4.69, 9.17) is 10.8 Å². The second-order valence-electron chi connectivity index (χ2n) is 2.79. The van der Waals surface area contributed by atoms with E-state index in [1.807, 2.05) is 18.2 Å². The van der Waals surface area contributed by atoms with E-state index in [0.717, 1.165) is 14.5 Å². The first-order valence-electron chi connectivity index (χ1n) is 3.96. The number of benzene rings is 1. The molecule has 1 aromatic rings. The first-order valence-corrected chi connectivity index (χ1v) is 5.55. The summed E-state index contributed by atoms with van der Waals surface area (Å²) in [6.07, 6.45) is 0.591. The lowest BCUT2D eigenvalue weighted by molar-refractivity contribution is 0.276. The molecule has 0 amide bonds. The maximum Gasteiger partial charge on any atom is 0.0449 e. The fourth-order valence-electron chi connectivity index (χ4n) is 1.05. The molecular formula is C9H12Br2ClNO. The van der Waals surface area contributed by atoms with Crippen molar-refractivity contribution >= 4 is 44.3 Å². The normalized spacial score (nSPS) is 12.0. The monoisotopic (exact) mass is 343 g/mol. The minimum atomic E-state index is -0.0885. The maximum absolute atomic E-state index is 8.72. The Labute approximate surface area is 107 Å². The molecule has 1 rings (SSSR count). The minimum absolute atomic E-state index is 0. The zero-order valence-electron chi connectivity index (χ0n) is 7.41. The van der Waals surface area contributed by atoms with Crippen LogP contribution in [0, 0.1) is 0 Å². The Balaban J connectivity index is 0.00000169. The molecule has 0 aliphatic rings. The van der Waals surface area contributed by atoms with Crippen molar-refractivity contribution in [3.05, 3.63) is 32.7 Å². The number of nitrogens with two attached hydrogens (primary N) is 1. The number of rotatable bonds is 3. The van der Waals surface area contributed by atoms with Gasteiger partial charge in [0, 0.05) is 21.6 Å². The van der Waals surface area contributed by atoms with E-state index < -0.39 is 0 Å². The van der Waals surface area contributed by atoms with Gasteiger partial charge in [-0.25, -0.2) is 0 Å². The molecule has 2 nitrogen and oxygen atoms in total. The number of halogens is 3. The van der Waals surface area contributed by atoms with Crippen molar-refractivity contribution in [1.29, 1.82) is 0 Å². The lowest BCUT2D eigenvalue weighted by atomic mass is 10.1. The zero-order valence-corrected chi connectivity index (χ0v) is 11.4. The van der Waals surface area contributed by atoms with Crippen LogP contribution in [-0.2, 0) is 0 Å². The molecule has 1 aromatic carbocycles. The smallest absolute Gasteiger partial charge is 0.0449 e. The molecule has 0 saturated heterocycles. The van der Waals surface area contributed by atoms with Gasteiger partial charge in [0.25, 0.3) is 0 Å². The topological polar surface area (TPSA) is 46.2 Å².